The third-order valence-electron chi connectivity index (χ3n) is 5.82. The number of aromatic nitrogens is 2. The maximum atomic E-state index is 13.0. The van der Waals surface area contributed by atoms with Crippen LogP contribution in [-0.4, -0.2) is 32.0 Å². The molecule has 2 aromatic carbocycles. The highest BCUT2D eigenvalue weighted by Crippen LogP contribution is 2.40. The van der Waals surface area contributed by atoms with Crippen molar-refractivity contribution in [2.45, 2.75) is 12.1 Å². The van der Waals surface area contributed by atoms with E-state index in [1.54, 1.807) is 18.3 Å². The van der Waals surface area contributed by atoms with Crippen LogP contribution in [0.5, 0.6) is 0 Å². The fraction of sp³-hybridized carbons (Fsp3) is 0.115. The Labute approximate surface area is 218 Å². The molecule has 1 amide bonds. The predicted octanol–water partition coefficient (Wildman–Crippen LogP) is 5.79. The summed E-state index contributed by atoms with van der Waals surface area (Å²) < 4.78 is 2.00. The molecule has 9 heteroatoms. The lowest BCUT2D eigenvalue weighted by Gasteiger charge is -2.28. The number of halogens is 2. The molecule has 1 aliphatic heterocycles. The summed E-state index contributed by atoms with van der Waals surface area (Å²) in [6.07, 6.45) is 3.68. The van der Waals surface area contributed by atoms with Gasteiger partial charge in [0.2, 0.25) is 5.91 Å². The van der Waals surface area contributed by atoms with Crippen molar-refractivity contribution >= 4 is 52.1 Å². The maximum Gasteiger partial charge on any atom is 0.244 e. The Kier molecular flexibility index (Phi) is 6.72. The number of nitrogens with one attached hydrogen (secondary N) is 2. The first kappa shape index (κ1) is 23.4. The van der Waals surface area contributed by atoms with Gasteiger partial charge in [-0.15, -0.1) is 0 Å². The van der Waals surface area contributed by atoms with Crippen molar-refractivity contribution in [2.24, 2.45) is 0 Å². The Bertz CT molecular complexity index is 1360. The summed E-state index contributed by atoms with van der Waals surface area (Å²) in [6, 6.07) is 23.8. The summed E-state index contributed by atoms with van der Waals surface area (Å²) in [5, 5.41) is 7.88. The zero-order chi connectivity index (χ0) is 24.4. The van der Waals surface area contributed by atoms with Gasteiger partial charge in [0.1, 0.15) is 6.54 Å². The van der Waals surface area contributed by atoms with E-state index < -0.39 is 0 Å². The molecule has 4 aromatic rings. The summed E-state index contributed by atoms with van der Waals surface area (Å²) in [6.45, 7) is 0.0637. The second-order valence-electron chi connectivity index (χ2n) is 8.07. The number of carbonyl (C=O) groups is 1. The van der Waals surface area contributed by atoms with Crippen LogP contribution in [0.25, 0.3) is 5.69 Å². The average molecular weight is 522 g/mol. The fourth-order valence-corrected chi connectivity index (χ4v) is 5.11. The van der Waals surface area contributed by atoms with Gasteiger partial charge in [-0.3, -0.25) is 9.78 Å². The lowest BCUT2D eigenvalue weighted by molar-refractivity contribution is -0.116. The Hall–Kier alpha value is -3.39. The molecule has 5 rings (SSSR count). The van der Waals surface area contributed by atoms with Gasteiger partial charge in [0.15, 0.2) is 5.11 Å². The molecular weight excluding hydrogens is 501 g/mol. The number of hydrogen-bond acceptors (Lipinski definition) is 3. The van der Waals surface area contributed by atoms with Crippen LogP contribution in [0.1, 0.15) is 23.5 Å². The van der Waals surface area contributed by atoms with Crippen LogP contribution in [0.2, 0.25) is 10.0 Å². The fourth-order valence-electron chi connectivity index (χ4n) is 4.31. The summed E-state index contributed by atoms with van der Waals surface area (Å²) in [5.74, 6) is -0.172. The second kappa shape index (κ2) is 10.1. The monoisotopic (exact) mass is 521 g/mol. The molecule has 0 aliphatic carbocycles. The molecule has 2 N–H and O–H groups in total. The second-order valence-corrected chi connectivity index (χ2v) is 9.30. The van der Waals surface area contributed by atoms with Crippen LogP contribution in [0, 0.1) is 0 Å². The number of hydrogen-bond donors (Lipinski definition) is 2. The molecule has 1 fully saturated rings. The quantitative estimate of drug-likeness (QED) is 0.314. The van der Waals surface area contributed by atoms with Crippen molar-refractivity contribution in [1.82, 2.24) is 19.8 Å². The largest absolute Gasteiger partial charge is 0.352 e. The van der Waals surface area contributed by atoms with Gasteiger partial charge in [-0.05, 0) is 66.8 Å². The lowest BCUT2D eigenvalue weighted by Crippen LogP contribution is -2.37. The van der Waals surface area contributed by atoms with Crippen molar-refractivity contribution in [3.63, 3.8) is 0 Å². The Morgan fingerprint density at radius 1 is 1.03 bits per heavy atom. The molecule has 1 aliphatic rings. The van der Waals surface area contributed by atoms with E-state index in [0.29, 0.717) is 15.2 Å². The standard InChI is InChI=1S/C26H21Cl2N5OS/c27-17-11-12-21(19(28)15-17)32-14-6-10-22(32)25-24(20-9-4-5-13-29-20)31-26(35)33(25)16-23(34)30-18-7-2-1-3-8-18/h1-15,24-25H,16H2,(H,30,34)(H,31,35)/t24-,25-/m0/s1. The molecule has 35 heavy (non-hydrogen) atoms. The van der Waals surface area contributed by atoms with Crippen molar-refractivity contribution in [1.29, 1.82) is 0 Å². The molecule has 2 atom stereocenters. The number of anilines is 1. The average Bonchev–Trinajstić information content (AvgIpc) is 3.45. The highest BCUT2D eigenvalue weighted by molar-refractivity contribution is 7.80. The number of thiocarbonyl (C=S) groups is 1. The van der Waals surface area contributed by atoms with Gasteiger partial charge < -0.3 is 20.1 Å². The lowest BCUT2D eigenvalue weighted by atomic mass is 10.0. The number of pyridine rings is 1. The van der Waals surface area contributed by atoms with E-state index in [9.17, 15) is 4.79 Å². The minimum Gasteiger partial charge on any atom is -0.352 e. The Morgan fingerprint density at radius 3 is 2.57 bits per heavy atom. The van der Waals surface area contributed by atoms with Crippen molar-refractivity contribution in [3.05, 3.63) is 113 Å². The molecule has 1 saturated heterocycles. The van der Waals surface area contributed by atoms with Crippen molar-refractivity contribution < 1.29 is 4.79 Å². The molecule has 0 unspecified atom stereocenters. The van der Waals surface area contributed by atoms with E-state index in [0.717, 1.165) is 22.8 Å². The van der Waals surface area contributed by atoms with Gasteiger partial charge in [0, 0.05) is 28.8 Å². The van der Waals surface area contributed by atoms with Gasteiger partial charge in [-0.1, -0.05) is 47.5 Å². The topological polar surface area (TPSA) is 62.2 Å². The number of carbonyl (C=O) groups excluding carboxylic acids is 1. The van der Waals surface area contributed by atoms with Crippen LogP contribution < -0.4 is 10.6 Å². The van der Waals surface area contributed by atoms with E-state index in [1.807, 2.05) is 82.4 Å². The summed E-state index contributed by atoms with van der Waals surface area (Å²) >= 11 is 18.4. The highest BCUT2D eigenvalue weighted by atomic mass is 35.5. The normalized spacial score (nSPS) is 17.3. The third kappa shape index (κ3) is 4.89. The number of benzene rings is 2. The van der Waals surface area contributed by atoms with Crippen molar-refractivity contribution in [3.8, 4) is 5.69 Å². The molecule has 0 spiro atoms. The smallest absolute Gasteiger partial charge is 0.244 e. The molecule has 0 bridgehead atoms. The Balaban J connectivity index is 1.53. The van der Waals surface area contributed by atoms with Crippen LogP contribution in [-0.2, 0) is 4.79 Å². The Morgan fingerprint density at radius 2 is 1.83 bits per heavy atom. The number of nitrogens with zero attached hydrogens (tertiary/aromatic N) is 3. The zero-order valence-electron chi connectivity index (χ0n) is 18.4. The van der Waals surface area contributed by atoms with Crippen LogP contribution >= 0.6 is 35.4 Å². The minimum absolute atomic E-state index is 0.0637. The minimum atomic E-state index is -0.319. The van der Waals surface area contributed by atoms with Gasteiger partial charge in [0.05, 0.1) is 28.5 Å². The number of amides is 1. The first-order valence-corrected chi connectivity index (χ1v) is 12.1. The molecule has 176 valence electrons. The molecule has 0 radical (unpaired) electrons. The third-order valence-corrected chi connectivity index (χ3v) is 6.71. The first-order valence-electron chi connectivity index (χ1n) is 11.0. The maximum absolute atomic E-state index is 13.0. The van der Waals surface area contributed by atoms with Gasteiger partial charge in [0.25, 0.3) is 0 Å². The van der Waals surface area contributed by atoms with E-state index in [-0.39, 0.29) is 24.5 Å². The number of rotatable bonds is 6. The van der Waals surface area contributed by atoms with Crippen molar-refractivity contribution in [2.75, 3.05) is 11.9 Å². The van der Waals surface area contributed by atoms with E-state index in [4.69, 9.17) is 35.4 Å². The summed E-state index contributed by atoms with van der Waals surface area (Å²) in [7, 11) is 0. The molecular formula is C26H21Cl2N5OS. The SMILES string of the molecule is O=C(CN1C(=S)N[C@@H](c2ccccn2)[C@@H]1c1cccn1-c1ccc(Cl)cc1Cl)Nc1ccccc1. The van der Waals surface area contributed by atoms with Crippen LogP contribution in [0.3, 0.4) is 0 Å². The van der Waals surface area contributed by atoms with Crippen LogP contribution in [0.15, 0.2) is 91.3 Å². The molecule has 0 saturated carbocycles. The summed E-state index contributed by atoms with van der Waals surface area (Å²) in [4.78, 5) is 19.5. The zero-order valence-corrected chi connectivity index (χ0v) is 20.8. The van der Waals surface area contributed by atoms with Gasteiger partial charge in [-0.25, -0.2) is 0 Å². The predicted molar refractivity (Wildman–Crippen MR) is 143 cm³/mol. The summed E-state index contributed by atoms with van der Waals surface area (Å²) in [5.41, 5.74) is 3.23. The molecule has 3 heterocycles. The van der Waals surface area contributed by atoms with Gasteiger partial charge in [-0.2, -0.15) is 0 Å². The molecule has 2 aromatic heterocycles. The molecule has 6 nitrogen and oxygen atoms in total. The van der Waals surface area contributed by atoms with Crippen LogP contribution in [0.4, 0.5) is 5.69 Å². The first-order chi connectivity index (χ1) is 17.0. The number of para-hydroxylation sites is 1. The highest BCUT2D eigenvalue weighted by Gasteiger charge is 2.42. The van der Waals surface area contributed by atoms with Gasteiger partial charge >= 0.3 is 0 Å². The van der Waals surface area contributed by atoms with E-state index >= 15 is 0 Å². The van der Waals surface area contributed by atoms with E-state index in [1.165, 1.54) is 0 Å². The van der Waals surface area contributed by atoms with E-state index in [2.05, 4.69) is 15.6 Å².